The minimum Gasteiger partial charge on any atom is -0.350 e. The molecule has 0 amide bonds. The van der Waals surface area contributed by atoms with E-state index in [9.17, 15) is 4.79 Å². The fourth-order valence-electron chi connectivity index (χ4n) is 3.74. The summed E-state index contributed by atoms with van der Waals surface area (Å²) in [6.45, 7) is 3.50. The van der Waals surface area contributed by atoms with Crippen molar-refractivity contribution in [2.75, 3.05) is 11.4 Å². The van der Waals surface area contributed by atoms with E-state index in [0.29, 0.717) is 12.2 Å². The van der Waals surface area contributed by atoms with Crippen LogP contribution in [0, 0.1) is 6.92 Å². The Morgan fingerprint density at radius 1 is 1.14 bits per heavy atom. The van der Waals surface area contributed by atoms with Gasteiger partial charge in [-0.2, -0.15) is 4.52 Å². The lowest BCUT2D eigenvalue weighted by Gasteiger charge is -2.30. The van der Waals surface area contributed by atoms with E-state index >= 15 is 0 Å². The Bertz CT molecular complexity index is 1260. The Hall–Kier alpha value is -3.55. The fourth-order valence-corrected chi connectivity index (χ4v) is 3.74. The van der Waals surface area contributed by atoms with Gasteiger partial charge in [-0.05, 0) is 30.2 Å². The SMILES string of the molecule is Cc1cc2nccc(=O)n2nc1N1CCc2ncc(-c3cncn3C)cc2C1. The molecule has 0 aliphatic carbocycles. The summed E-state index contributed by atoms with van der Waals surface area (Å²) in [6.07, 6.45) is 7.90. The number of anilines is 1. The average Bonchev–Trinajstić information content (AvgIpc) is 3.13. The molecule has 0 spiro atoms. The van der Waals surface area contributed by atoms with Crippen LogP contribution in [0.25, 0.3) is 16.9 Å². The Balaban J connectivity index is 1.54. The van der Waals surface area contributed by atoms with Gasteiger partial charge in [0.1, 0.15) is 0 Å². The zero-order valence-corrected chi connectivity index (χ0v) is 15.7. The van der Waals surface area contributed by atoms with Crippen molar-refractivity contribution in [2.24, 2.45) is 7.05 Å². The van der Waals surface area contributed by atoms with E-state index in [2.05, 4.69) is 31.0 Å². The lowest BCUT2D eigenvalue weighted by atomic mass is 10.0. The Morgan fingerprint density at radius 3 is 2.86 bits per heavy atom. The molecule has 0 bridgehead atoms. The van der Waals surface area contributed by atoms with Gasteiger partial charge in [0.05, 0.1) is 18.2 Å². The van der Waals surface area contributed by atoms with E-state index in [-0.39, 0.29) is 5.56 Å². The molecule has 0 fully saturated rings. The molecule has 4 aromatic rings. The summed E-state index contributed by atoms with van der Waals surface area (Å²) in [6, 6.07) is 5.51. The number of hydrogen-bond acceptors (Lipinski definition) is 6. The molecule has 1 aliphatic heterocycles. The van der Waals surface area contributed by atoms with Crippen LogP contribution in [0.3, 0.4) is 0 Å². The predicted octanol–water partition coefficient (Wildman–Crippen LogP) is 1.76. The molecule has 0 saturated heterocycles. The van der Waals surface area contributed by atoms with Crippen LogP contribution in [0.15, 0.2) is 47.9 Å². The van der Waals surface area contributed by atoms with Crippen molar-refractivity contribution in [2.45, 2.75) is 19.9 Å². The third-order valence-corrected chi connectivity index (χ3v) is 5.19. The van der Waals surface area contributed by atoms with Gasteiger partial charge in [-0.3, -0.25) is 9.78 Å². The number of rotatable bonds is 2. The second-order valence-corrected chi connectivity index (χ2v) is 7.10. The normalized spacial score (nSPS) is 13.7. The summed E-state index contributed by atoms with van der Waals surface area (Å²) < 4.78 is 3.35. The molecule has 0 saturated carbocycles. The molecule has 140 valence electrons. The molecule has 1 aliphatic rings. The number of fused-ring (bicyclic) bond motifs is 2. The third kappa shape index (κ3) is 2.65. The fraction of sp³-hybridized carbons (Fsp3) is 0.250. The van der Waals surface area contributed by atoms with Crippen molar-refractivity contribution in [3.63, 3.8) is 0 Å². The van der Waals surface area contributed by atoms with Crippen molar-refractivity contribution >= 4 is 11.5 Å². The van der Waals surface area contributed by atoms with Gasteiger partial charge in [-0.1, -0.05) is 0 Å². The summed E-state index contributed by atoms with van der Waals surface area (Å²) in [5.41, 5.74) is 5.74. The van der Waals surface area contributed by atoms with E-state index in [4.69, 9.17) is 0 Å². The minimum atomic E-state index is -0.177. The van der Waals surface area contributed by atoms with Crippen LogP contribution < -0.4 is 10.5 Å². The second kappa shape index (κ2) is 6.26. The molecule has 0 N–H and O–H groups in total. The van der Waals surface area contributed by atoms with E-state index in [1.807, 2.05) is 37.0 Å². The Morgan fingerprint density at radius 2 is 2.04 bits per heavy atom. The van der Waals surface area contributed by atoms with Gasteiger partial charge in [0.25, 0.3) is 5.56 Å². The Labute approximate surface area is 161 Å². The summed E-state index contributed by atoms with van der Waals surface area (Å²) >= 11 is 0. The quantitative estimate of drug-likeness (QED) is 0.533. The monoisotopic (exact) mass is 373 g/mol. The first-order valence-electron chi connectivity index (χ1n) is 9.15. The molecule has 28 heavy (non-hydrogen) atoms. The second-order valence-electron chi connectivity index (χ2n) is 7.10. The van der Waals surface area contributed by atoms with Gasteiger partial charge >= 0.3 is 0 Å². The van der Waals surface area contributed by atoms with Crippen LogP contribution in [0.4, 0.5) is 5.82 Å². The van der Waals surface area contributed by atoms with E-state index < -0.39 is 0 Å². The van der Waals surface area contributed by atoms with Gasteiger partial charge < -0.3 is 9.47 Å². The average molecular weight is 373 g/mol. The molecular formula is C20H19N7O. The van der Waals surface area contributed by atoms with Gasteiger partial charge in [0.2, 0.25) is 0 Å². The van der Waals surface area contributed by atoms with Crippen LogP contribution in [0.5, 0.6) is 0 Å². The molecule has 0 unspecified atom stereocenters. The van der Waals surface area contributed by atoms with Crippen LogP contribution >= 0.6 is 0 Å². The third-order valence-electron chi connectivity index (χ3n) is 5.19. The zero-order chi connectivity index (χ0) is 19.3. The van der Waals surface area contributed by atoms with Crippen LogP contribution in [0.1, 0.15) is 16.8 Å². The lowest BCUT2D eigenvalue weighted by molar-refractivity contribution is 0.685. The van der Waals surface area contributed by atoms with Crippen LogP contribution in [-0.2, 0) is 20.0 Å². The number of imidazole rings is 1. The van der Waals surface area contributed by atoms with Crippen molar-refractivity contribution in [1.82, 2.24) is 29.1 Å². The predicted molar refractivity (Wildman–Crippen MR) is 105 cm³/mol. The highest BCUT2D eigenvalue weighted by Gasteiger charge is 2.22. The lowest BCUT2D eigenvalue weighted by Crippen LogP contribution is -2.33. The van der Waals surface area contributed by atoms with Crippen LogP contribution in [0.2, 0.25) is 0 Å². The molecule has 8 heteroatoms. The zero-order valence-electron chi connectivity index (χ0n) is 15.7. The maximum atomic E-state index is 12.2. The standard InChI is InChI=1S/C20H19N7O/c1-13-7-18-22-5-3-19(28)27(18)24-20(13)26-6-4-16-15(11-26)8-14(9-23-16)17-10-21-12-25(17)2/h3,5,7-10,12H,4,6,11H2,1-2H3. The highest BCUT2D eigenvalue weighted by Crippen LogP contribution is 2.27. The molecule has 8 nitrogen and oxygen atoms in total. The number of pyridine rings is 1. The van der Waals surface area contributed by atoms with Crippen molar-refractivity contribution in [1.29, 1.82) is 0 Å². The van der Waals surface area contributed by atoms with Gasteiger partial charge in [-0.25, -0.2) is 9.97 Å². The first-order chi connectivity index (χ1) is 13.6. The molecule has 4 aromatic heterocycles. The van der Waals surface area contributed by atoms with Gasteiger partial charge in [0.15, 0.2) is 11.5 Å². The summed E-state index contributed by atoms with van der Waals surface area (Å²) in [7, 11) is 1.97. The molecule has 0 radical (unpaired) electrons. The van der Waals surface area contributed by atoms with Crippen molar-refractivity contribution in [3.05, 3.63) is 70.3 Å². The summed E-state index contributed by atoms with van der Waals surface area (Å²) in [5, 5.41) is 4.59. The minimum absolute atomic E-state index is 0.177. The molecule has 0 aromatic carbocycles. The highest BCUT2D eigenvalue weighted by molar-refractivity contribution is 5.60. The number of aryl methyl sites for hydroxylation is 2. The first-order valence-corrected chi connectivity index (χ1v) is 9.15. The van der Waals surface area contributed by atoms with E-state index in [1.165, 1.54) is 22.3 Å². The number of aromatic nitrogens is 6. The van der Waals surface area contributed by atoms with Gasteiger partial charge in [-0.15, -0.1) is 5.10 Å². The van der Waals surface area contributed by atoms with Crippen molar-refractivity contribution in [3.8, 4) is 11.3 Å². The first kappa shape index (κ1) is 16.6. The molecule has 5 heterocycles. The topological polar surface area (TPSA) is 81.2 Å². The molecular weight excluding hydrogens is 354 g/mol. The Kier molecular flexibility index (Phi) is 3.71. The number of nitrogens with zero attached hydrogens (tertiary/aromatic N) is 7. The number of hydrogen-bond donors (Lipinski definition) is 0. The van der Waals surface area contributed by atoms with Crippen LogP contribution in [-0.4, -0.2) is 35.7 Å². The van der Waals surface area contributed by atoms with E-state index in [0.717, 1.165) is 41.3 Å². The largest absolute Gasteiger partial charge is 0.350 e. The van der Waals surface area contributed by atoms with Gasteiger partial charge in [0, 0.05) is 56.3 Å². The molecule has 0 atom stereocenters. The van der Waals surface area contributed by atoms with Crippen molar-refractivity contribution < 1.29 is 0 Å². The summed E-state index contributed by atoms with van der Waals surface area (Å²) in [5.74, 6) is 0.805. The summed E-state index contributed by atoms with van der Waals surface area (Å²) in [4.78, 5) is 27.5. The molecule has 5 rings (SSSR count). The smallest absolute Gasteiger partial charge is 0.274 e. The maximum absolute atomic E-state index is 12.2. The maximum Gasteiger partial charge on any atom is 0.274 e. The van der Waals surface area contributed by atoms with E-state index in [1.54, 1.807) is 6.33 Å². The highest BCUT2D eigenvalue weighted by atomic mass is 16.1.